The molecule has 1 unspecified atom stereocenters. The predicted molar refractivity (Wildman–Crippen MR) is 465 cm³/mol. The molecule has 2 aromatic rings. The zero-order valence-corrected chi connectivity index (χ0v) is 77.3. The first-order valence-electron chi connectivity index (χ1n) is 46.1. The average Bonchev–Trinajstić information content (AvgIpc) is 1.67. The van der Waals surface area contributed by atoms with Gasteiger partial charge in [0.25, 0.3) is 0 Å². The summed E-state index contributed by atoms with van der Waals surface area (Å²) in [5, 5.41) is 3.53. The van der Waals surface area contributed by atoms with Crippen molar-refractivity contribution in [3.8, 4) is 0 Å². The van der Waals surface area contributed by atoms with Crippen LogP contribution < -0.4 is 14.7 Å². The smallest absolute Gasteiger partial charge is 0.195 e. The maximum Gasteiger partial charge on any atom is 0.195 e. The Morgan fingerprint density at radius 2 is 0.769 bits per heavy atom. The van der Waals surface area contributed by atoms with Gasteiger partial charge in [-0.3, -0.25) is 0 Å². The highest BCUT2D eigenvalue weighted by Gasteiger charge is 2.32. The van der Waals surface area contributed by atoms with E-state index in [0.29, 0.717) is 17.4 Å². The van der Waals surface area contributed by atoms with Crippen molar-refractivity contribution in [1.29, 1.82) is 0 Å². The van der Waals surface area contributed by atoms with Gasteiger partial charge in [-0.25, -0.2) is 0 Å². The van der Waals surface area contributed by atoms with Crippen LogP contribution in [0.25, 0.3) is 0 Å². The molecular formula is C97H196N7+3. The number of aromatic nitrogens is 4. The second kappa shape index (κ2) is 54.9. The SMILES string of the molecule is CC(C)C1CCC1.CC(C)C1CCCC1.CC(C)C1CCCCC1.CC(C)C1CCCCC1.CC(C)C1CC[N+](C)(C)CC1.CC(C)C1CNC(C)(C)C1.CC(C)N1CCCCC1.CC(C)c1cc[n+](C)n1C.CC1CC(C(C)C)C1.CC1CCC(C(C)C)CC1.CCCC[n+]1ccc(C(C)C)n1C. The van der Waals surface area contributed by atoms with Crippen molar-refractivity contribution in [2.45, 2.75) is 416 Å². The molecule has 5 heterocycles. The van der Waals surface area contributed by atoms with E-state index in [9.17, 15) is 0 Å². The second-order valence-electron chi connectivity index (χ2n) is 40.9. The summed E-state index contributed by atoms with van der Waals surface area (Å²) in [7, 11) is 11.0. The molecule has 0 amide bonds. The normalized spacial score (nSPS) is 23.7. The summed E-state index contributed by atoms with van der Waals surface area (Å²) >= 11 is 0. The van der Waals surface area contributed by atoms with Crippen molar-refractivity contribution in [3.05, 3.63) is 35.9 Å². The van der Waals surface area contributed by atoms with Gasteiger partial charge < -0.3 is 14.7 Å². The van der Waals surface area contributed by atoms with Gasteiger partial charge in [0.2, 0.25) is 0 Å². The number of quaternary nitrogens is 1. The number of hydrogen-bond acceptors (Lipinski definition) is 2. The van der Waals surface area contributed by atoms with E-state index in [1.54, 1.807) is 0 Å². The topological polar surface area (TPSA) is 32.9 Å². The number of rotatable bonds is 14. The third-order valence-corrected chi connectivity index (χ3v) is 27.2. The van der Waals surface area contributed by atoms with Crippen molar-refractivity contribution in [1.82, 2.24) is 19.6 Å². The first-order chi connectivity index (χ1) is 48.7. The van der Waals surface area contributed by atoms with Crippen LogP contribution in [-0.4, -0.2) is 77.1 Å². The number of likely N-dealkylation sites (tertiary alicyclic amines) is 2. The molecule has 3 aliphatic heterocycles. The fraction of sp³-hybridized carbons (Fsp3) is 0.938. The minimum atomic E-state index is 0.398. The third kappa shape index (κ3) is 43.8. The maximum absolute atomic E-state index is 3.53. The molecule has 0 bridgehead atoms. The Bertz CT molecular complexity index is 2220. The quantitative estimate of drug-likeness (QED) is 0.151. The number of aryl methyl sites for hydroxylation is 2. The molecule has 3 saturated heterocycles. The van der Waals surface area contributed by atoms with Gasteiger partial charge in [-0.1, -0.05) is 294 Å². The number of hydrogen-bond donors (Lipinski definition) is 1. The predicted octanol–water partition coefficient (Wildman–Crippen LogP) is 27.1. The van der Waals surface area contributed by atoms with E-state index in [-0.39, 0.29) is 0 Å². The lowest BCUT2D eigenvalue weighted by Crippen LogP contribution is -2.46. The summed E-state index contributed by atoms with van der Waals surface area (Å²) in [5.41, 5.74) is 3.19. The molecule has 7 heteroatoms. The third-order valence-electron chi connectivity index (χ3n) is 27.2. The van der Waals surface area contributed by atoms with Gasteiger partial charge in [-0.15, -0.1) is 9.36 Å². The lowest BCUT2D eigenvalue weighted by atomic mass is 9.71. The van der Waals surface area contributed by atoms with E-state index in [2.05, 4.69) is 269 Å². The van der Waals surface area contributed by atoms with Gasteiger partial charge in [-0.05, 0) is 223 Å². The van der Waals surface area contributed by atoms with Crippen molar-refractivity contribution < 1.29 is 13.8 Å². The largest absolute Gasteiger partial charge is 0.328 e. The molecule has 6 aliphatic carbocycles. The van der Waals surface area contributed by atoms with Gasteiger partial charge in [0.05, 0.1) is 52.7 Å². The van der Waals surface area contributed by atoms with Crippen LogP contribution in [-0.2, 0) is 27.7 Å². The van der Waals surface area contributed by atoms with Crippen LogP contribution in [0.3, 0.4) is 0 Å². The first kappa shape index (κ1) is 100. The van der Waals surface area contributed by atoms with E-state index >= 15 is 0 Å². The molecule has 7 nitrogen and oxygen atoms in total. The highest BCUT2D eigenvalue weighted by atomic mass is 15.4. The van der Waals surface area contributed by atoms with Crippen LogP contribution in [0.2, 0.25) is 0 Å². The van der Waals surface area contributed by atoms with Crippen LogP contribution in [0.1, 0.15) is 409 Å². The standard InChI is InChI=1S/C11H21N2.C10H22N.C10H20.C9H19N.2C9H18.C8H15N2.C8H17N.2C8H16.C7H14/c1-5-6-8-13-9-7-11(10(2)3)12(13)4;1-9(2)10-5-7-11(3,4)8-6-10;1-8(2)10-6-4-9(3)5-7-10;1-7(2)8-5-9(3,4)10-6-8;2*1-8(2)9-6-4-3-5-7-9;1-7(2)8-5-6-9(3)10(8)4;1-8(2)9-6-4-3-5-7-9;1-6(2)8-4-7(3)5-8;1-7(2)8-5-3-4-6-8;1-6(2)7-4-3-5-7/h7,9-10H,5-6,8H2,1-4H3;9-10H,5-8H2,1-4H3;8-10H,4-7H2,1-3H3;7-8,10H,5-6H2,1-4H3;2*8-9H,3-7H2,1-2H3;5-7H,1-4H3;8H,3-7H2,1-2H3;6-8H,4-5H2,1-3H3;7-8H,3-6H2,1-2H3;6-7H,3-5H2,1-2H3/q2*+1;;;;;+1;;;;. The molecule has 616 valence electrons. The van der Waals surface area contributed by atoms with Crippen LogP contribution in [0, 0.1) is 107 Å². The van der Waals surface area contributed by atoms with Crippen molar-refractivity contribution in [2.24, 2.45) is 128 Å². The van der Waals surface area contributed by atoms with Crippen molar-refractivity contribution >= 4 is 0 Å². The van der Waals surface area contributed by atoms with Crippen molar-refractivity contribution in [2.75, 3.05) is 46.8 Å². The lowest BCUT2D eigenvalue weighted by Gasteiger charge is -2.38. The average molecular weight is 1460 g/mol. The molecule has 0 spiro atoms. The monoisotopic (exact) mass is 1460 g/mol. The van der Waals surface area contributed by atoms with Gasteiger partial charge in [0.15, 0.2) is 26.0 Å². The van der Waals surface area contributed by atoms with E-state index in [1.165, 1.54) is 248 Å². The molecule has 2 aromatic heterocycles. The highest BCUT2D eigenvalue weighted by Crippen LogP contribution is 2.39. The fourth-order valence-corrected chi connectivity index (χ4v) is 17.6. The summed E-state index contributed by atoms with van der Waals surface area (Å²) < 4.78 is 10.0. The lowest BCUT2D eigenvalue weighted by molar-refractivity contribution is -0.896. The Hall–Kier alpha value is -1.70. The summed E-state index contributed by atoms with van der Waals surface area (Å²) in [6.45, 7) is 70.2. The van der Waals surface area contributed by atoms with Gasteiger partial charge >= 0.3 is 0 Å². The summed E-state index contributed by atoms with van der Waals surface area (Å²) in [4.78, 5) is 2.56. The maximum atomic E-state index is 3.53. The Labute approximate surface area is 656 Å². The van der Waals surface area contributed by atoms with Crippen LogP contribution >= 0.6 is 0 Å². The molecule has 0 aromatic carbocycles. The molecule has 11 rings (SSSR count). The number of nitrogens with one attached hydrogen (secondary N) is 1. The van der Waals surface area contributed by atoms with Gasteiger partial charge in [-0.2, -0.15) is 9.36 Å². The van der Waals surface area contributed by atoms with E-state index in [1.807, 2.05) is 7.05 Å². The van der Waals surface area contributed by atoms with Crippen LogP contribution in [0.4, 0.5) is 0 Å². The first-order valence-corrected chi connectivity index (χ1v) is 46.1. The number of unbranched alkanes of at least 4 members (excludes halogenated alkanes) is 1. The number of nitrogens with zero attached hydrogens (tertiary/aromatic N) is 6. The fourth-order valence-electron chi connectivity index (χ4n) is 17.6. The minimum absolute atomic E-state index is 0.398. The molecule has 9 aliphatic rings. The Balaban J connectivity index is 0.000000574. The Kier molecular flexibility index (Phi) is 52.9. The van der Waals surface area contributed by atoms with Crippen LogP contribution in [0.5, 0.6) is 0 Å². The van der Waals surface area contributed by atoms with E-state index < -0.39 is 0 Å². The number of piperidine rings is 2. The minimum Gasteiger partial charge on any atom is -0.328 e. The molecule has 9 fully saturated rings. The van der Waals surface area contributed by atoms with Gasteiger partial charge in [0.1, 0.15) is 0 Å². The van der Waals surface area contributed by atoms with Crippen molar-refractivity contribution in [3.63, 3.8) is 0 Å². The molecule has 0 radical (unpaired) electrons. The van der Waals surface area contributed by atoms with E-state index in [4.69, 9.17) is 0 Å². The summed E-state index contributed by atoms with van der Waals surface area (Å²) in [6, 6.07) is 5.15. The zero-order valence-electron chi connectivity index (χ0n) is 77.3. The molecule has 104 heavy (non-hydrogen) atoms. The highest BCUT2D eigenvalue weighted by molar-refractivity contribution is 5.02. The summed E-state index contributed by atoms with van der Waals surface area (Å²) in [5.74, 6) is 18.9. The van der Waals surface area contributed by atoms with Gasteiger partial charge in [0, 0.05) is 30.1 Å². The molecule has 6 saturated carbocycles. The molecular weight excluding hydrogens is 1260 g/mol. The molecule has 1 atom stereocenters. The van der Waals surface area contributed by atoms with E-state index in [0.717, 1.165) is 119 Å². The Morgan fingerprint density at radius 3 is 1.02 bits per heavy atom. The second-order valence-corrected chi connectivity index (χ2v) is 40.9. The van der Waals surface area contributed by atoms with Crippen LogP contribution in [0.15, 0.2) is 24.5 Å². The molecule has 1 N–H and O–H groups in total. The summed E-state index contributed by atoms with van der Waals surface area (Å²) in [6.07, 6.45) is 49.5. The Morgan fingerprint density at radius 1 is 0.423 bits per heavy atom. The zero-order chi connectivity index (χ0) is 78.9.